The van der Waals surface area contributed by atoms with Crippen molar-refractivity contribution in [2.24, 2.45) is 0 Å². The summed E-state index contributed by atoms with van der Waals surface area (Å²) in [6, 6.07) is 9.20. The zero-order valence-corrected chi connectivity index (χ0v) is 12.5. The Kier molecular flexibility index (Phi) is 4.49. The molecule has 112 valence electrons. The fraction of sp³-hybridized carbons (Fsp3) is 0.143. The van der Waals surface area contributed by atoms with Gasteiger partial charge in [-0.05, 0) is 30.2 Å². The van der Waals surface area contributed by atoms with E-state index in [1.807, 2.05) is 19.1 Å². The van der Waals surface area contributed by atoms with Crippen molar-refractivity contribution in [1.82, 2.24) is 0 Å². The second-order valence-corrected chi connectivity index (χ2v) is 6.88. The van der Waals surface area contributed by atoms with Crippen LogP contribution in [0.5, 0.6) is 5.75 Å². The summed E-state index contributed by atoms with van der Waals surface area (Å²) in [6.45, 7) is 1.90. The lowest BCUT2D eigenvalue weighted by Gasteiger charge is -2.10. The number of hydrogen-bond donors (Lipinski definition) is 0. The molecule has 0 unspecified atom stereocenters. The number of benzene rings is 2. The molecule has 0 spiro atoms. The van der Waals surface area contributed by atoms with Crippen molar-refractivity contribution in [3.8, 4) is 5.75 Å². The summed E-state index contributed by atoms with van der Waals surface area (Å²) < 4.78 is 54.7. The minimum atomic E-state index is -4.34. The van der Waals surface area contributed by atoms with Crippen LogP contribution in [0.15, 0.2) is 41.3 Å². The number of ether oxygens (including phenoxy) is 1. The van der Waals surface area contributed by atoms with Crippen LogP contribution in [0.2, 0.25) is 0 Å². The minimum absolute atomic E-state index is 0.0377. The van der Waals surface area contributed by atoms with Gasteiger partial charge >= 0.3 is 0 Å². The van der Waals surface area contributed by atoms with Gasteiger partial charge in [-0.15, -0.1) is 0 Å². The summed E-state index contributed by atoms with van der Waals surface area (Å²) >= 11 is 0. The van der Waals surface area contributed by atoms with Gasteiger partial charge in [0.1, 0.15) is 11.5 Å². The van der Waals surface area contributed by atoms with Crippen molar-refractivity contribution >= 4 is 19.7 Å². The van der Waals surface area contributed by atoms with Gasteiger partial charge in [-0.25, -0.2) is 12.8 Å². The highest BCUT2D eigenvalue weighted by atomic mass is 35.7. The molecule has 0 saturated carbocycles. The van der Waals surface area contributed by atoms with Crippen LogP contribution in [0.4, 0.5) is 8.78 Å². The van der Waals surface area contributed by atoms with Crippen molar-refractivity contribution in [2.45, 2.75) is 18.4 Å². The van der Waals surface area contributed by atoms with Gasteiger partial charge in [-0.1, -0.05) is 24.3 Å². The standard InChI is InChI=1S/C14H11ClF2O3S/c1-9-4-2-3-5-10(9)8-20-11-6-7-12(21(15,18)19)14(17)13(11)16/h2-7H,8H2,1H3. The molecule has 0 fully saturated rings. The highest BCUT2D eigenvalue weighted by Crippen LogP contribution is 2.28. The van der Waals surface area contributed by atoms with Gasteiger partial charge in [0.25, 0.3) is 9.05 Å². The predicted octanol–water partition coefficient (Wildman–Crippen LogP) is 3.78. The van der Waals surface area contributed by atoms with Gasteiger partial charge in [0.2, 0.25) is 5.82 Å². The summed E-state index contributed by atoms with van der Waals surface area (Å²) in [7, 11) is 0.662. The Morgan fingerprint density at radius 1 is 1.10 bits per heavy atom. The molecule has 21 heavy (non-hydrogen) atoms. The van der Waals surface area contributed by atoms with E-state index >= 15 is 0 Å². The first kappa shape index (κ1) is 15.7. The Labute approximate surface area is 125 Å². The van der Waals surface area contributed by atoms with Crippen LogP contribution in [0.25, 0.3) is 0 Å². The first-order chi connectivity index (χ1) is 9.80. The molecule has 0 bridgehead atoms. The van der Waals surface area contributed by atoms with Crippen LogP contribution in [-0.4, -0.2) is 8.42 Å². The number of hydrogen-bond acceptors (Lipinski definition) is 3. The van der Waals surface area contributed by atoms with E-state index in [9.17, 15) is 17.2 Å². The van der Waals surface area contributed by atoms with Crippen molar-refractivity contribution in [2.75, 3.05) is 0 Å². The second-order valence-electron chi connectivity index (χ2n) is 4.34. The van der Waals surface area contributed by atoms with E-state index in [4.69, 9.17) is 15.4 Å². The highest BCUT2D eigenvalue weighted by Gasteiger charge is 2.22. The van der Waals surface area contributed by atoms with Crippen LogP contribution in [-0.2, 0) is 15.7 Å². The van der Waals surface area contributed by atoms with Gasteiger partial charge in [0, 0.05) is 10.7 Å². The minimum Gasteiger partial charge on any atom is -0.486 e. The third-order valence-electron chi connectivity index (χ3n) is 2.92. The molecular formula is C14H11ClF2O3S. The monoisotopic (exact) mass is 332 g/mol. The zero-order chi connectivity index (χ0) is 15.6. The Hall–Kier alpha value is -1.66. The number of aryl methyl sites for hydroxylation is 1. The van der Waals surface area contributed by atoms with E-state index in [-0.39, 0.29) is 12.4 Å². The molecule has 3 nitrogen and oxygen atoms in total. The van der Waals surface area contributed by atoms with Gasteiger partial charge < -0.3 is 4.74 Å². The smallest absolute Gasteiger partial charge is 0.264 e. The third kappa shape index (κ3) is 3.51. The molecule has 0 aliphatic heterocycles. The Morgan fingerprint density at radius 2 is 1.76 bits per heavy atom. The van der Waals surface area contributed by atoms with E-state index in [0.29, 0.717) is 0 Å². The maximum absolute atomic E-state index is 13.8. The number of halogens is 3. The van der Waals surface area contributed by atoms with E-state index in [2.05, 4.69) is 0 Å². The average Bonchev–Trinajstić information content (AvgIpc) is 2.40. The molecule has 0 radical (unpaired) electrons. The maximum Gasteiger partial charge on any atom is 0.264 e. The lowest BCUT2D eigenvalue weighted by molar-refractivity contribution is 0.282. The third-order valence-corrected chi connectivity index (χ3v) is 4.26. The summed E-state index contributed by atoms with van der Waals surface area (Å²) in [6.07, 6.45) is 0. The lowest BCUT2D eigenvalue weighted by Crippen LogP contribution is -2.04. The van der Waals surface area contributed by atoms with E-state index < -0.39 is 25.6 Å². The molecule has 0 atom stereocenters. The largest absolute Gasteiger partial charge is 0.486 e. The molecule has 0 saturated heterocycles. The molecule has 0 aromatic heterocycles. The number of rotatable bonds is 4. The van der Waals surface area contributed by atoms with Crippen molar-refractivity contribution < 1.29 is 21.9 Å². The molecule has 0 aliphatic rings. The summed E-state index contributed by atoms with van der Waals surface area (Å²) in [5.74, 6) is -3.31. The van der Waals surface area contributed by atoms with Gasteiger partial charge in [-0.2, -0.15) is 4.39 Å². The van der Waals surface area contributed by atoms with Crippen LogP contribution < -0.4 is 4.74 Å². The summed E-state index contributed by atoms with van der Waals surface area (Å²) in [5.41, 5.74) is 1.75. The quantitative estimate of drug-likeness (QED) is 0.800. The molecule has 0 aliphatic carbocycles. The first-order valence-corrected chi connectivity index (χ1v) is 8.21. The molecule has 0 heterocycles. The second kappa shape index (κ2) is 5.99. The highest BCUT2D eigenvalue weighted by molar-refractivity contribution is 8.13. The Bertz CT molecular complexity index is 776. The van der Waals surface area contributed by atoms with Crippen molar-refractivity contribution in [3.63, 3.8) is 0 Å². The van der Waals surface area contributed by atoms with E-state index in [0.717, 1.165) is 23.3 Å². The Balaban J connectivity index is 2.27. The van der Waals surface area contributed by atoms with E-state index in [1.54, 1.807) is 12.1 Å². The topological polar surface area (TPSA) is 43.4 Å². The van der Waals surface area contributed by atoms with Crippen LogP contribution in [0, 0.1) is 18.6 Å². The van der Waals surface area contributed by atoms with Gasteiger partial charge in [-0.3, -0.25) is 0 Å². The van der Waals surface area contributed by atoms with Crippen LogP contribution in [0.3, 0.4) is 0 Å². The molecule has 0 N–H and O–H groups in total. The molecule has 2 aromatic carbocycles. The molecule has 7 heteroatoms. The van der Waals surface area contributed by atoms with Crippen molar-refractivity contribution in [1.29, 1.82) is 0 Å². The molecule has 0 amide bonds. The van der Waals surface area contributed by atoms with Gasteiger partial charge in [0.05, 0.1) is 0 Å². The zero-order valence-electron chi connectivity index (χ0n) is 10.9. The normalized spacial score (nSPS) is 11.4. The van der Waals surface area contributed by atoms with Crippen LogP contribution >= 0.6 is 10.7 Å². The molecular weight excluding hydrogens is 322 g/mol. The first-order valence-electron chi connectivity index (χ1n) is 5.90. The summed E-state index contributed by atoms with van der Waals surface area (Å²) in [4.78, 5) is -0.912. The molecule has 2 rings (SSSR count). The van der Waals surface area contributed by atoms with Crippen LogP contribution in [0.1, 0.15) is 11.1 Å². The fourth-order valence-electron chi connectivity index (χ4n) is 1.74. The summed E-state index contributed by atoms with van der Waals surface area (Å²) in [5, 5.41) is 0. The predicted molar refractivity (Wildman–Crippen MR) is 74.9 cm³/mol. The van der Waals surface area contributed by atoms with Crippen molar-refractivity contribution in [3.05, 3.63) is 59.2 Å². The fourth-order valence-corrected chi connectivity index (χ4v) is 2.63. The SMILES string of the molecule is Cc1ccccc1COc1ccc(S(=O)(=O)Cl)c(F)c1F. The average molecular weight is 333 g/mol. The van der Waals surface area contributed by atoms with Gasteiger partial charge in [0.15, 0.2) is 11.6 Å². The maximum atomic E-state index is 13.8. The van der Waals surface area contributed by atoms with E-state index in [1.165, 1.54) is 0 Å². The molecule has 2 aromatic rings. The lowest BCUT2D eigenvalue weighted by atomic mass is 10.1. The Morgan fingerprint density at radius 3 is 2.38 bits per heavy atom.